The highest BCUT2D eigenvalue weighted by Crippen LogP contribution is 2.35. The molecule has 1 aliphatic heterocycles. The van der Waals surface area contributed by atoms with E-state index < -0.39 is 0 Å². The Kier molecular flexibility index (Phi) is 4.44. The van der Waals surface area contributed by atoms with Gasteiger partial charge in [0, 0.05) is 39.6 Å². The van der Waals surface area contributed by atoms with Crippen LogP contribution >= 0.6 is 11.3 Å². The molecule has 7 heteroatoms. The zero-order chi connectivity index (χ0) is 16.4. The summed E-state index contributed by atoms with van der Waals surface area (Å²) < 4.78 is 0. The second-order valence-electron chi connectivity index (χ2n) is 6.08. The summed E-state index contributed by atoms with van der Waals surface area (Å²) in [5.74, 6) is 1.65. The Hall–Kier alpha value is -2.20. The molecule has 1 saturated heterocycles. The predicted molar refractivity (Wildman–Crippen MR) is 92.9 cm³/mol. The lowest BCUT2D eigenvalue weighted by molar-refractivity contribution is 0.259. The van der Waals surface area contributed by atoms with Crippen molar-refractivity contribution in [3.63, 3.8) is 0 Å². The summed E-state index contributed by atoms with van der Waals surface area (Å²) in [5.41, 5.74) is 1.35. The lowest BCUT2D eigenvalue weighted by Crippen LogP contribution is -2.44. The van der Waals surface area contributed by atoms with Crippen molar-refractivity contribution in [3.05, 3.63) is 17.3 Å². The molecule has 1 aliphatic rings. The standard InChI is InChI=1S/C16H20N6S/c1-11-4-8-22(9-5-11)16(21(2)3)20-13-12(10-17)23-15-14(13)18-6-7-19-15/h6-7,11H,4-5,8-9H2,1-3H3. The van der Waals surface area contributed by atoms with Crippen molar-refractivity contribution in [1.29, 1.82) is 5.26 Å². The van der Waals surface area contributed by atoms with E-state index in [0.717, 1.165) is 29.8 Å². The van der Waals surface area contributed by atoms with Crippen LogP contribution in [0.1, 0.15) is 24.6 Å². The molecule has 0 bridgehead atoms. The normalized spacial score (nSPS) is 16.6. The maximum atomic E-state index is 9.42. The summed E-state index contributed by atoms with van der Waals surface area (Å²) in [5, 5.41) is 9.42. The number of piperidine rings is 1. The average molecular weight is 328 g/mol. The van der Waals surface area contributed by atoms with E-state index in [4.69, 9.17) is 4.99 Å². The molecular formula is C16H20N6S. The summed E-state index contributed by atoms with van der Waals surface area (Å²) in [7, 11) is 3.98. The number of aliphatic imine (C=N–C) groups is 1. The molecule has 0 saturated carbocycles. The third-order valence-corrected chi connectivity index (χ3v) is 5.06. The van der Waals surface area contributed by atoms with Gasteiger partial charge in [0.15, 0.2) is 0 Å². The topological polar surface area (TPSA) is 68.4 Å². The van der Waals surface area contributed by atoms with Crippen LogP contribution in [0.2, 0.25) is 0 Å². The number of rotatable bonds is 1. The number of nitrogens with zero attached hydrogens (tertiary/aromatic N) is 6. The fraction of sp³-hybridized carbons (Fsp3) is 0.500. The fourth-order valence-corrected chi connectivity index (χ4v) is 3.59. The van der Waals surface area contributed by atoms with Crippen LogP contribution in [-0.4, -0.2) is 52.9 Å². The first-order valence-corrected chi connectivity index (χ1v) is 8.56. The molecule has 0 atom stereocenters. The lowest BCUT2D eigenvalue weighted by Gasteiger charge is -2.35. The number of nitriles is 1. The number of aromatic nitrogens is 2. The van der Waals surface area contributed by atoms with Gasteiger partial charge < -0.3 is 9.80 Å². The zero-order valence-corrected chi connectivity index (χ0v) is 14.5. The van der Waals surface area contributed by atoms with Gasteiger partial charge in [-0.2, -0.15) is 5.26 Å². The quantitative estimate of drug-likeness (QED) is 0.595. The van der Waals surface area contributed by atoms with Gasteiger partial charge >= 0.3 is 0 Å². The van der Waals surface area contributed by atoms with Gasteiger partial charge in [0.1, 0.15) is 27.0 Å². The van der Waals surface area contributed by atoms with Gasteiger partial charge in [-0.15, -0.1) is 11.3 Å². The van der Waals surface area contributed by atoms with E-state index in [-0.39, 0.29) is 0 Å². The molecule has 0 aromatic carbocycles. The SMILES string of the molecule is CC1CCN(C(=Nc2c(C#N)sc3nccnc23)N(C)C)CC1. The van der Waals surface area contributed by atoms with Gasteiger partial charge in [0.05, 0.1) is 0 Å². The summed E-state index contributed by atoms with van der Waals surface area (Å²) in [6.45, 7) is 4.28. The highest BCUT2D eigenvalue weighted by molar-refractivity contribution is 7.19. The van der Waals surface area contributed by atoms with E-state index in [0.29, 0.717) is 16.1 Å². The molecule has 6 nitrogen and oxygen atoms in total. The summed E-state index contributed by atoms with van der Waals surface area (Å²) in [4.78, 5) is 19.1. The van der Waals surface area contributed by atoms with Crippen LogP contribution in [0.15, 0.2) is 17.4 Å². The van der Waals surface area contributed by atoms with Crippen LogP contribution in [0.5, 0.6) is 0 Å². The van der Waals surface area contributed by atoms with Gasteiger partial charge in [-0.1, -0.05) is 6.92 Å². The lowest BCUT2D eigenvalue weighted by atomic mass is 9.99. The molecule has 120 valence electrons. The Balaban J connectivity index is 2.05. The summed E-state index contributed by atoms with van der Waals surface area (Å²) in [6, 6.07) is 2.23. The third-order valence-electron chi connectivity index (χ3n) is 4.08. The molecule has 3 rings (SSSR count). The minimum Gasteiger partial charge on any atom is -0.349 e. The van der Waals surface area contributed by atoms with Gasteiger partial charge in [-0.25, -0.2) is 15.0 Å². The Morgan fingerprint density at radius 1 is 1.35 bits per heavy atom. The van der Waals surface area contributed by atoms with Gasteiger partial charge in [-0.3, -0.25) is 0 Å². The van der Waals surface area contributed by atoms with Crippen LogP contribution in [-0.2, 0) is 0 Å². The molecule has 2 aromatic heterocycles. The van der Waals surface area contributed by atoms with Crippen molar-refractivity contribution < 1.29 is 0 Å². The summed E-state index contributed by atoms with van der Waals surface area (Å²) >= 11 is 1.35. The molecular weight excluding hydrogens is 308 g/mol. The number of hydrogen-bond acceptors (Lipinski definition) is 5. The molecule has 23 heavy (non-hydrogen) atoms. The van der Waals surface area contributed by atoms with Gasteiger partial charge in [0.2, 0.25) is 5.96 Å². The van der Waals surface area contributed by atoms with Crippen molar-refractivity contribution in [1.82, 2.24) is 19.8 Å². The van der Waals surface area contributed by atoms with Gasteiger partial charge in [0.25, 0.3) is 0 Å². The van der Waals surface area contributed by atoms with Crippen LogP contribution in [0, 0.1) is 17.2 Å². The molecule has 0 amide bonds. The van der Waals surface area contributed by atoms with Gasteiger partial charge in [-0.05, 0) is 18.8 Å². The smallest absolute Gasteiger partial charge is 0.201 e. The molecule has 0 spiro atoms. The van der Waals surface area contributed by atoms with Crippen LogP contribution in [0.25, 0.3) is 10.3 Å². The second kappa shape index (κ2) is 6.50. The molecule has 0 radical (unpaired) electrons. The number of hydrogen-bond donors (Lipinski definition) is 0. The molecule has 2 aromatic rings. The minimum atomic E-state index is 0.566. The second-order valence-corrected chi connectivity index (χ2v) is 7.08. The van der Waals surface area contributed by atoms with E-state index in [1.807, 2.05) is 19.0 Å². The first kappa shape index (κ1) is 15.7. The van der Waals surface area contributed by atoms with E-state index in [9.17, 15) is 5.26 Å². The Morgan fingerprint density at radius 3 is 2.70 bits per heavy atom. The first-order chi connectivity index (χ1) is 11.1. The van der Waals surface area contributed by atoms with Crippen LogP contribution in [0.4, 0.5) is 5.69 Å². The number of thiophene rings is 1. The Labute approximate surface area is 140 Å². The molecule has 0 aliphatic carbocycles. The molecule has 3 heterocycles. The van der Waals surface area contributed by atoms with Crippen LogP contribution < -0.4 is 0 Å². The van der Waals surface area contributed by atoms with Crippen molar-refractivity contribution in [2.24, 2.45) is 10.9 Å². The fourth-order valence-electron chi connectivity index (χ4n) is 2.76. The van der Waals surface area contributed by atoms with Crippen molar-refractivity contribution in [3.8, 4) is 6.07 Å². The van der Waals surface area contributed by atoms with E-state index in [1.54, 1.807) is 12.4 Å². The average Bonchev–Trinajstić information content (AvgIpc) is 2.91. The highest BCUT2D eigenvalue weighted by Gasteiger charge is 2.22. The highest BCUT2D eigenvalue weighted by atomic mass is 32.1. The maximum Gasteiger partial charge on any atom is 0.201 e. The van der Waals surface area contributed by atoms with Crippen molar-refractivity contribution in [2.75, 3.05) is 27.2 Å². The largest absolute Gasteiger partial charge is 0.349 e. The monoisotopic (exact) mass is 328 g/mol. The zero-order valence-electron chi connectivity index (χ0n) is 13.7. The molecule has 1 fully saturated rings. The van der Waals surface area contributed by atoms with Crippen molar-refractivity contribution in [2.45, 2.75) is 19.8 Å². The number of guanidine groups is 1. The summed E-state index contributed by atoms with van der Waals surface area (Å²) in [6.07, 6.45) is 5.63. The van der Waals surface area contributed by atoms with Crippen molar-refractivity contribution >= 4 is 33.3 Å². The maximum absolute atomic E-state index is 9.42. The Bertz CT molecular complexity index is 764. The third kappa shape index (κ3) is 3.13. The molecule has 0 unspecified atom stereocenters. The van der Waals surface area contributed by atoms with E-state index in [2.05, 4.69) is 27.9 Å². The number of likely N-dealkylation sites (tertiary alicyclic amines) is 1. The van der Waals surface area contributed by atoms with Crippen LogP contribution in [0.3, 0.4) is 0 Å². The number of fused-ring (bicyclic) bond motifs is 1. The molecule has 0 N–H and O–H groups in total. The Morgan fingerprint density at radius 2 is 2.04 bits per heavy atom. The predicted octanol–water partition coefficient (Wildman–Crippen LogP) is 2.84. The minimum absolute atomic E-state index is 0.566. The van der Waals surface area contributed by atoms with E-state index >= 15 is 0 Å². The first-order valence-electron chi connectivity index (χ1n) is 7.74. The van der Waals surface area contributed by atoms with E-state index in [1.165, 1.54) is 24.2 Å².